The summed E-state index contributed by atoms with van der Waals surface area (Å²) >= 11 is 0. The third kappa shape index (κ3) is 2.42. The number of aryl methyl sites for hydroxylation is 1. The molecule has 0 unspecified atom stereocenters. The van der Waals surface area contributed by atoms with E-state index in [1.807, 2.05) is 0 Å². The minimum Gasteiger partial charge on any atom is -0.225 e. The summed E-state index contributed by atoms with van der Waals surface area (Å²) in [4.78, 5) is -0.533. The van der Waals surface area contributed by atoms with E-state index < -0.39 is 19.9 Å². The molecule has 2 N–H and O–H groups in total. The number of benzene rings is 1. The first kappa shape index (κ1) is 13.1. The average Bonchev–Trinajstić information content (AvgIpc) is 2.15. The summed E-state index contributed by atoms with van der Waals surface area (Å²) in [6.45, 7) is 2.99. The second-order valence-electron chi connectivity index (χ2n) is 3.35. The van der Waals surface area contributed by atoms with Gasteiger partial charge < -0.3 is 0 Å². The molecule has 0 saturated heterocycles. The van der Waals surface area contributed by atoms with Gasteiger partial charge in [-0.1, -0.05) is 19.1 Å². The van der Waals surface area contributed by atoms with E-state index in [1.54, 1.807) is 0 Å². The van der Waals surface area contributed by atoms with Gasteiger partial charge in [0, 0.05) is 0 Å². The molecular weight excluding hydrogens is 250 g/mol. The third-order valence-corrected chi connectivity index (χ3v) is 5.18. The van der Waals surface area contributed by atoms with E-state index >= 15 is 0 Å². The van der Waals surface area contributed by atoms with Gasteiger partial charge in [-0.2, -0.15) is 0 Å². The minimum absolute atomic E-state index is 0.166. The van der Waals surface area contributed by atoms with E-state index in [-0.39, 0.29) is 15.5 Å². The monoisotopic (exact) mass is 263 g/mol. The first-order valence-corrected chi connectivity index (χ1v) is 7.75. The Morgan fingerprint density at radius 3 is 2.19 bits per heavy atom. The average molecular weight is 263 g/mol. The van der Waals surface area contributed by atoms with Crippen LogP contribution in [0.1, 0.15) is 12.5 Å². The Morgan fingerprint density at radius 1 is 1.19 bits per heavy atom. The highest BCUT2D eigenvalue weighted by molar-refractivity contribution is 7.93. The SMILES string of the molecule is CCS(=O)(=O)c1c(C)cccc1S(N)(=O)=O. The van der Waals surface area contributed by atoms with Gasteiger partial charge in [-0.05, 0) is 18.6 Å². The molecule has 90 valence electrons. The van der Waals surface area contributed by atoms with Gasteiger partial charge >= 0.3 is 0 Å². The predicted octanol–water partition coefficient (Wildman–Crippen LogP) is 0.436. The first-order chi connectivity index (χ1) is 7.20. The topological polar surface area (TPSA) is 94.3 Å². The fourth-order valence-corrected chi connectivity index (χ4v) is 4.03. The van der Waals surface area contributed by atoms with Crippen LogP contribution in [-0.4, -0.2) is 22.6 Å². The van der Waals surface area contributed by atoms with Gasteiger partial charge in [0.2, 0.25) is 10.0 Å². The number of sulfonamides is 1. The Balaban J connectivity index is 3.75. The van der Waals surface area contributed by atoms with E-state index in [0.29, 0.717) is 5.56 Å². The fourth-order valence-electron chi connectivity index (χ4n) is 1.39. The van der Waals surface area contributed by atoms with Gasteiger partial charge in [-0.15, -0.1) is 0 Å². The molecule has 7 heteroatoms. The van der Waals surface area contributed by atoms with Crippen molar-refractivity contribution in [2.24, 2.45) is 5.14 Å². The van der Waals surface area contributed by atoms with Gasteiger partial charge in [0.15, 0.2) is 9.84 Å². The predicted molar refractivity (Wildman–Crippen MR) is 60.3 cm³/mol. The van der Waals surface area contributed by atoms with Gasteiger partial charge in [0.05, 0.1) is 10.6 Å². The van der Waals surface area contributed by atoms with Crippen molar-refractivity contribution in [1.29, 1.82) is 0 Å². The number of rotatable bonds is 3. The van der Waals surface area contributed by atoms with Gasteiger partial charge in [-0.25, -0.2) is 22.0 Å². The van der Waals surface area contributed by atoms with Crippen molar-refractivity contribution in [3.8, 4) is 0 Å². The molecule has 0 heterocycles. The largest absolute Gasteiger partial charge is 0.239 e. The summed E-state index contributed by atoms with van der Waals surface area (Å²) in [5, 5.41) is 4.99. The number of hydrogen-bond acceptors (Lipinski definition) is 4. The minimum atomic E-state index is -4.03. The molecule has 1 aromatic carbocycles. The summed E-state index contributed by atoms with van der Waals surface area (Å²) in [7, 11) is -7.63. The van der Waals surface area contributed by atoms with E-state index in [4.69, 9.17) is 5.14 Å². The van der Waals surface area contributed by atoms with Crippen LogP contribution in [0.25, 0.3) is 0 Å². The molecule has 0 aromatic heterocycles. The lowest BCUT2D eigenvalue weighted by Gasteiger charge is -2.10. The number of primary sulfonamides is 1. The molecule has 5 nitrogen and oxygen atoms in total. The van der Waals surface area contributed by atoms with Crippen molar-refractivity contribution in [3.63, 3.8) is 0 Å². The third-order valence-electron chi connectivity index (χ3n) is 2.17. The number of nitrogens with two attached hydrogens (primary N) is 1. The maximum Gasteiger partial charge on any atom is 0.239 e. The van der Waals surface area contributed by atoms with Gasteiger partial charge in [0.1, 0.15) is 4.90 Å². The molecule has 0 atom stereocenters. The summed E-state index contributed by atoms with van der Waals surface area (Å²) in [5.74, 6) is -0.166. The smallest absolute Gasteiger partial charge is 0.225 e. The molecule has 0 radical (unpaired) electrons. The van der Waals surface area contributed by atoms with E-state index in [9.17, 15) is 16.8 Å². The van der Waals surface area contributed by atoms with Crippen LogP contribution in [0, 0.1) is 6.92 Å². The zero-order valence-corrected chi connectivity index (χ0v) is 10.6. The van der Waals surface area contributed by atoms with Crippen molar-refractivity contribution in [1.82, 2.24) is 0 Å². The molecule has 0 aliphatic rings. The second-order valence-corrected chi connectivity index (χ2v) is 7.10. The molecular formula is C9H13NO4S2. The van der Waals surface area contributed by atoms with Crippen LogP contribution in [0.2, 0.25) is 0 Å². The van der Waals surface area contributed by atoms with Crippen LogP contribution >= 0.6 is 0 Å². The Hall–Kier alpha value is -0.920. The molecule has 1 aromatic rings. The van der Waals surface area contributed by atoms with Crippen LogP contribution in [0.4, 0.5) is 0 Å². The molecule has 16 heavy (non-hydrogen) atoms. The summed E-state index contributed by atoms with van der Waals surface area (Å²) in [5.41, 5.74) is 0.383. The van der Waals surface area contributed by atoms with Crippen LogP contribution in [-0.2, 0) is 19.9 Å². The molecule has 0 aliphatic carbocycles. The quantitative estimate of drug-likeness (QED) is 0.855. The molecule has 0 bridgehead atoms. The fraction of sp³-hybridized carbons (Fsp3) is 0.333. The van der Waals surface area contributed by atoms with Crippen molar-refractivity contribution in [3.05, 3.63) is 23.8 Å². The van der Waals surface area contributed by atoms with Crippen LogP contribution < -0.4 is 5.14 Å². The molecule has 0 amide bonds. The molecule has 0 aliphatic heterocycles. The van der Waals surface area contributed by atoms with E-state index in [1.165, 1.54) is 32.0 Å². The molecule has 0 fully saturated rings. The lowest BCUT2D eigenvalue weighted by Crippen LogP contribution is -2.18. The highest BCUT2D eigenvalue weighted by Crippen LogP contribution is 2.24. The second kappa shape index (κ2) is 4.15. The molecule has 0 saturated carbocycles. The zero-order valence-electron chi connectivity index (χ0n) is 8.97. The van der Waals surface area contributed by atoms with Crippen molar-refractivity contribution in [2.75, 3.05) is 5.75 Å². The maximum atomic E-state index is 11.8. The van der Waals surface area contributed by atoms with E-state index in [0.717, 1.165) is 0 Å². The summed E-state index contributed by atoms with van der Waals surface area (Å²) < 4.78 is 46.1. The summed E-state index contributed by atoms with van der Waals surface area (Å²) in [6, 6.07) is 4.20. The standard InChI is InChI=1S/C9H13NO4S2/c1-3-15(11,12)9-7(2)5-4-6-8(9)16(10,13)14/h4-6H,3H2,1-2H3,(H2,10,13,14). The van der Waals surface area contributed by atoms with Crippen LogP contribution in [0.5, 0.6) is 0 Å². The number of sulfone groups is 1. The van der Waals surface area contributed by atoms with Crippen molar-refractivity contribution < 1.29 is 16.8 Å². The lowest BCUT2D eigenvalue weighted by molar-refractivity contribution is 0.583. The summed E-state index contributed by atoms with van der Waals surface area (Å²) in [6.07, 6.45) is 0. The molecule has 1 rings (SSSR count). The van der Waals surface area contributed by atoms with Crippen molar-refractivity contribution in [2.45, 2.75) is 23.6 Å². The zero-order chi connectivity index (χ0) is 12.6. The maximum absolute atomic E-state index is 11.8. The van der Waals surface area contributed by atoms with Crippen LogP contribution in [0.15, 0.2) is 28.0 Å². The van der Waals surface area contributed by atoms with E-state index in [2.05, 4.69) is 0 Å². The Morgan fingerprint density at radius 2 is 1.75 bits per heavy atom. The lowest BCUT2D eigenvalue weighted by atomic mass is 10.2. The first-order valence-electron chi connectivity index (χ1n) is 4.55. The van der Waals surface area contributed by atoms with Crippen molar-refractivity contribution >= 4 is 19.9 Å². The molecule has 0 spiro atoms. The normalized spacial score (nSPS) is 12.7. The van der Waals surface area contributed by atoms with Gasteiger partial charge in [-0.3, -0.25) is 0 Å². The highest BCUT2D eigenvalue weighted by atomic mass is 32.2. The Kier molecular flexibility index (Phi) is 3.41. The highest BCUT2D eigenvalue weighted by Gasteiger charge is 2.24. The van der Waals surface area contributed by atoms with Crippen LogP contribution in [0.3, 0.4) is 0 Å². The Labute approximate surface area is 95.3 Å². The Bertz CT molecular complexity index is 602. The van der Waals surface area contributed by atoms with Gasteiger partial charge in [0.25, 0.3) is 0 Å². The number of hydrogen-bond donors (Lipinski definition) is 1.